The van der Waals surface area contributed by atoms with Crippen LogP contribution >= 0.6 is 31.9 Å². The summed E-state index contributed by atoms with van der Waals surface area (Å²) in [6.45, 7) is 1.53. The largest absolute Gasteiger partial charge is 0.493 e. The number of rotatable bonds is 10. The SMILES string of the molecule is BrCCCCOc1cccc(OCCCCBr)c1. The average Bonchev–Trinajstić information content (AvgIpc) is 2.40. The van der Waals surface area contributed by atoms with Crippen molar-refractivity contribution in [3.8, 4) is 11.5 Å². The van der Waals surface area contributed by atoms with Crippen LogP contribution in [-0.4, -0.2) is 23.9 Å². The minimum absolute atomic E-state index is 0.763. The van der Waals surface area contributed by atoms with Crippen LogP contribution in [0.15, 0.2) is 24.3 Å². The second kappa shape index (κ2) is 10.7. The van der Waals surface area contributed by atoms with Crippen LogP contribution in [0.5, 0.6) is 11.5 Å². The highest BCUT2D eigenvalue weighted by Crippen LogP contribution is 2.20. The van der Waals surface area contributed by atoms with E-state index in [2.05, 4.69) is 31.9 Å². The fourth-order valence-corrected chi connectivity index (χ4v) is 2.22. The van der Waals surface area contributed by atoms with Gasteiger partial charge in [0.15, 0.2) is 0 Å². The normalized spacial score (nSPS) is 10.3. The molecule has 0 saturated carbocycles. The number of halogens is 2. The van der Waals surface area contributed by atoms with Gasteiger partial charge in [-0.05, 0) is 37.8 Å². The monoisotopic (exact) mass is 378 g/mol. The zero-order valence-corrected chi connectivity index (χ0v) is 13.7. The number of alkyl halides is 2. The summed E-state index contributed by atoms with van der Waals surface area (Å²) in [7, 11) is 0. The molecule has 1 rings (SSSR count). The number of hydrogen-bond acceptors (Lipinski definition) is 2. The Balaban J connectivity index is 2.27. The van der Waals surface area contributed by atoms with Crippen LogP contribution < -0.4 is 9.47 Å². The number of hydrogen-bond donors (Lipinski definition) is 0. The summed E-state index contributed by atoms with van der Waals surface area (Å²) >= 11 is 6.82. The molecular formula is C14H20Br2O2. The molecule has 0 saturated heterocycles. The van der Waals surface area contributed by atoms with Crippen LogP contribution in [0, 0.1) is 0 Å². The first-order valence-electron chi connectivity index (χ1n) is 6.34. The summed E-state index contributed by atoms with van der Waals surface area (Å²) in [5, 5.41) is 2.07. The van der Waals surface area contributed by atoms with Crippen molar-refractivity contribution in [1.29, 1.82) is 0 Å². The maximum atomic E-state index is 5.67. The molecule has 0 radical (unpaired) electrons. The molecule has 0 unspecified atom stereocenters. The fourth-order valence-electron chi connectivity index (χ4n) is 1.43. The summed E-state index contributed by atoms with van der Waals surface area (Å²) in [4.78, 5) is 0. The van der Waals surface area contributed by atoms with Gasteiger partial charge in [-0.15, -0.1) is 0 Å². The van der Waals surface area contributed by atoms with E-state index in [-0.39, 0.29) is 0 Å². The minimum Gasteiger partial charge on any atom is -0.493 e. The summed E-state index contributed by atoms with van der Waals surface area (Å²) in [6.07, 6.45) is 4.43. The fraction of sp³-hybridized carbons (Fsp3) is 0.571. The molecule has 0 heterocycles. The van der Waals surface area contributed by atoms with Crippen molar-refractivity contribution in [1.82, 2.24) is 0 Å². The first kappa shape index (κ1) is 15.8. The minimum atomic E-state index is 0.763. The first-order chi connectivity index (χ1) is 8.86. The van der Waals surface area contributed by atoms with Gasteiger partial charge in [-0.2, -0.15) is 0 Å². The van der Waals surface area contributed by atoms with E-state index in [0.717, 1.165) is 61.1 Å². The Morgan fingerprint density at radius 3 is 1.72 bits per heavy atom. The van der Waals surface area contributed by atoms with Gasteiger partial charge in [0.25, 0.3) is 0 Å². The third-order valence-electron chi connectivity index (χ3n) is 2.40. The van der Waals surface area contributed by atoms with E-state index >= 15 is 0 Å². The van der Waals surface area contributed by atoms with Gasteiger partial charge in [-0.1, -0.05) is 37.9 Å². The van der Waals surface area contributed by atoms with E-state index in [9.17, 15) is 0 Å². The zero-order valence-electron chi connectivity index (χ0n) is 10.5. The highest BCUT2D eigenvalue weighted by molar-refractivity contribution is 9.09. The molecular weight excluding hydrogens is 360 g/mol. The van der Waals surface area contributed by atoms with Crippen molar-refractivity contribution in [3.05, 3.63) is 24.3 Å². The van der Waals surface area contributed by atoms with Gasteiger partial charge >= 0.3 is 0 Å². The molecule has 1 aromatic carbocycles. The van der Waals surface area contributed by atoms with Crippen LogP contribution in [0.1, 0.15) is 25.7 Å². The predicted octanol–water partition coefficient (Wildman–Crippen LogP) is 4.79. The zero-order chi connectivity index (χ0) is 13.1. The Bertz CT molecular complexity index is 291. The van der Waals surface area contributed by atoms with Crippen molar-refractivity contribution in [2.24, 2.45) is 0 Å². The molecule has 0 aliphatic heterocycles. The molecule has 0 N–H and O–H groups in total. The lowest BCUT2D eigenvalue weighted by Gasteiger charge is -2.09. The van der Waals surface area contributed by atoms with Crippen LogP contribution in [0.3, 0.4) is 0 Å². The van der Waals surface area contributed by atoms with Crippen molar-refractivity contribution < 1.29 is 9.47 Å². The van der Waals surface area contributed by atoms with Crippen LogP contribution in [-0.2, 0) is 0 Å². The Kier molecular flexibility index (Phi) is 9.40. The smallest absolute Gasteiger partial charge is 0.122 e. The summed E-state index contributed by atoms with van der Waals surface area (Å²) in [5.74, 6) is 1.78. The quantitative estimate of drug-likeness (QED) is 0.429. The van der Waals surface area contributed by atoms with Gasteiger partial charge in [0.2, 0.25) is 0 Å². The lowest BCUT2D eigenvalue weighted by atomic mass is 10.3. The van der Waals surface area contributed by atoms with E-state index in [4.69, 9.17) is 9.47 Å². The Labute approximate surface area is 126 Å². The van der Waals surface area contributed by atoms with Gasteiger partial charge in [-0.25, -0.2) is 0 Å². The van der Waals surface area contributed by atoms with Crippen molar-refractivity contribution in [3.63, 3.8) is 0 Å². The summed E-state index contributed by atoms with van der Waals surface area (Å²) < 4.78 is 11.3. The molecule has 0 spiro atoms. The summed E-state index contributed by atoms with van der Waals surface area (Å²) in [6, 6.07) is 7.88. The standard InChI is InChI=1S/C14H20Br2O2/c15-8-1-3-10-17-13-6-5-7-14(12-13)18-11-4-2-9-16/h5-7,12H,1-4,8-11H2. The molecule has 2 nitrogen and oxygen atoms in total. The number of benzene rings is 1. The molecule has 0 fully saturated rings. The highest BCUT2D eigenvalue weighted by atomic mass is 79.9. The van der Waals surface area contributed by atoms with Crippen LogP contribution in [0.2, 0.25) is 0 Å². The van der Waals surface area contributed by atoms with E-state index in [1.807, 2.05) is 24.3 Å². The van der Waals surface area contributed by atoms with E-state index in [1.54, 1.807) is 0 Å². The van der Waals surface area contributed by atoms with Gasteiger partial charge < -0.3 is 9.47 Å². The highest BCUT2D eigenvalue weighted by Gasteiger charge is 1.98. The van der Waals surface area contributed by atoms with Crippen LogP contribution in [0.4, 0.5) is 0 Å². The molecule has 18 heavy (non-hydrogen) atoms. The van der Waals surface area contributed by atoms with E-state index in [1.165, 1.54) is 0 Å². The van der Waals surface area contributed by atoms with Gasteiger partial charge in [0.1, 0.15) is 11.5 Å². The lowest BCUT2D eigenvalue weighted by molar-refractivity contribution is 0.295. The predicted molar refractivity (Wildman–Crippen MR) is 83.5 cm³/mol. The third kappa shape index (κ3) is 7.27. The van der Waals surface area contributed by atoms with E-state index in [0.29, 0.717) is 0 Å². The number of ether oxygens (including phenoxy) is 2. The second-order valence-electron chi connectivity index (χ2n) is 3.96. The first-order valence-corrected chi connectivity index (χ1v) is 8.58. The summed E-state index contributed by atoms with van der Waals surface area (Å²) in [5.41, 5.74) is 0. The molecule has 102 valence electrons. The lowest BCUT2D eigenvalue weighted by Crippen LogP contribution is -2.00. The molecule has 0 amide bonds. The molecule has 1 aromatic rings. The van der Waals surface area contributed by atoms with Crippen molar-refractivity contribution in [2.75, 3.05) is 23.9 Å². The van der Waals surface area contributed by atoms with Crippen molar-refractivity contribution >= 4 is 31.9 Å². The molecule has 0 atom stereocenters. The Morgan fingerprint density at radius 2 is 1.28 bits per heavy atom. The van der Waals surface area contributed by atoms with Crippen LogP contribution in [0.25, 0.3) is 0 Å². The van der Waals surface area contributed by atoms with Gasteiger partial charge in [0.05, 0.1) is 13.2 Å². The second-order valence-corrected chi connectivity index (χ2v) is 5.55. The van der Waals surface area contributed by atoms with Gasteiger partial charge in [-0.3, -0.25) is 0 Å². The molecule has 0 bridgehead atoms. The average molecular weight is 380 g/mol. The maximum Gasteiger partial charge on any atom is 0.122 e. The molecule has 0 aromatic heterocycles. The topological polar surface area (TPSA) is 18.5 Å². The Morgan fingerprint density at radius 1 is 0.778 bits per heavy atom. The maximum absolute atomic E-state index is 5.67. The van der Waals surface area contributed by atoms with E-state index < -0.39 is 0 Å². The Hall–Kier alpha value is -0.220. The molecule has 0 aliphatic carbocycles. The van der Waals surface area contributed by atoms with Crippen molar-refractivity contribution in [2.45, 2.75) is 25.7 Å². The molecule has 0 aliphatic rings. The third-order valence-corrected chi connectivity index (χ3v) is 3.52. The molecule has 4 heteroatoms. The number of unbranched alkanes of at least 4 members (excludes halogenated alkanes) is 2. The van der Waals surface area contributed by atoms with Gasteiger partial charge in [0, 0.05) is 16.7 Å².